The van der Waals surface area contributed by atoms with Crippen molar-refractivity contribution in [1.29, 1.82) is 0 Å². The Hall–Kier alpha value is -1.25. The molecular formula is C12H14BrClN4O2S. The van der Waals surface area contributed by atoms with Crippen LogP contribution in [-0.2, 0) is 10.0 Å². The molecule has 2 N–H and O–H groups in total. The van der Waals surface area contributed by atoms with Crippen LogP contribution in [0.15, 0.2) is 33.9 Å². The quantitative estimate of drug-likeness (QED) is 0.822. The summed E-state index contributed by atoms with van der Waals surface area (Å²) >= 11 is 3.45. The minimum atomic E-state index is -3.29. The Morgan fingerprint density at radius 2 is 2.19 bits per heavy atom. The van der Waals surface area contributed by atoms with Crippen LogP contribution in [0, 0.1) is 0 Å². The van der Waals surface area contributed by atoms with Crippen LogP contribution in [0.25, 0.3) is 10.9 Å². The first-order chi connectivity index (χ1) is 9.45. The molecule has 3 rings (SSSR count). The maximum absolute atomic E-state index is 11.6. The Morgan fingerprint density at radius 1 is 1.43 bits per heavy atom. The molecule has 0 saturated carbocycles. The van der Waals surface area contributed by atoms with Crippen molar-refractivity contribution in [2.24, 2.45) is 4.99 Å². The molecule has 9 heteroatoms. The number of nitrogens with zero attached hydrogens (tertiary/aromatic N) is 2. The average molecular weight is 394 g/mol. The van der Waals surface area contributed by atoms with Crippen molar-refractivity contribution in [3.8, 4) is 0 Å². The van der Waals surface area contributed by atoms with Gasteiger partial charge in [0.05, 0.1) is 19.3 Å². The summed E-state index contributed by atoms with van der Waals surface area (Å²) in [4.78, 5) is 7.33. The monoisotopic (exact) mass is 392 g/mol. The summed E-state index contributed by atoms with van der Waals surface area (Å²) < 4.78 is 25.6. The number of anilines is 1. The number of sulfonamides is 1. The van der Waals surface area contributed by atoms with E-state index in [0.29, 0.717) is 19.0 Å². The summed E-state index contributed by atoms with van der Waals surface area (Å²) in [6, 6.07) is 5.77. The van der Waals surface area contributed by atoms with Crippen LogP contribution in [0.1, 0.15) is 0 Å². The highest BCUT2D eigenvalue weighted by molar-refractivity contribution is 9.10. The van der Waals surface area contributed by atoms with Gasteiger partial charge in [-0.25, -0.2) is 12.7 Å². The van der Waals surface area contributed by atoms with Gasteiger partial charge in [-0.1, -0.05) is 0 Å². The van der Waals surface area contributed by atoms with Gasteiger partial charge in [0.1, 0.15) is 0 Å². The summed E-state index contributed by atoms with van der Waals surface area (Å²) in [5.74, 6) is 0.373. The Bertz CT molecular complexity index is 803. The van der Waals surface area contributed by atoms with Gasteiger partial charge < -0.3 is 10.3 Å². The van der Waals surface area contributed by atoms with E-state index >= 15 is 0 Å². The van der Waals surface area contributed by atoms with Crippen LogP contribution in [-0.4, -0.2) is 43.0 Å². The average Bonchev–Trinajstić information content (AvgIpc) is 2.96. The second-order valence-electron chi connectivity index (χ2n) is 4.56. The standard InChI is InChI=1S/C12H13BrN4O2S.ClH/c1-20(18,19)17-5-4-14-12(17)16-8-2-3-9-10(13)7-15-11(9)6-8;/h2-3,6-7,15H,4-5H2,1H3,(H,14,16);1H. The molecule has 0 fully saturated rings. The number of aromatic nitrogens is 1. The molecule has 0 saturated heterocycles. The predicted molar refractivity (Wildman–Crippen MR) is 90.7 cm³/mol. The van der Waals surface area contributed by atoms with E-state index in [1.54, 1.807) is 0 Å². The molecule has 21 heavy (non-hydrogen) atoms. The number of aromatic amines is 1. The van der Waals surface area contributed by atoms with E-state index in [0.717, 1.165) is 21.1 Å². The van der Waals surface area contributed by atoms with Crippen LogP contribution in [0.2, 0.25) is 0 Å². The molecule has 0 radical (unpaired) electrons. The Labute approximate surface area is 137 Å². The van der Waals surface area contributed by atoms with Crippen molar-refractivity contribution in [3.63, 3.8) is 0 Å². The lowest BCUT2D eigenvalue weighted by Crippen LogP contribution is -2.37. The molecule has 0 unspecified atom stereocenters. The van der Waals surface area contributed by atoms with Gasteiger partial charge in [0, 0.05) is 27.3 Å². The number of halogens is 2. The van der Waals surface area contributed by atoms with Crippen molar-refractivity contribution >= 4 is 60.9 Å². The van der Waals surface area contributed by atoms with Crippen LogP contribution >= 0.6 is 28.3 Å². The second-order valence-corrected chi connectivity index (χ2v) is 7.32. The first kappa shape index (κ1) is 16.1. The van der Waals surface area contributed by atoms with Crippen molar-refractivity contribution < 1.29 is 8.42 Å². The van der Waals surface area contributed by atoms with E-state index < -0.39 is 10.0 Å². The molecule has 0 amide bonds. The highest BCUT2D eigenvalue weighted by atomic mass is 79.9. The lowest BCUT2D eigenvalue weighted by molar-refractivity contribution is 0.544. The maximum Gasteiger partial charge on any atom is 0.234 e. The molecule has 1 aliphatic heterocycles. The molecule has 6 nitrogen and oxygen atoms in total. The minimum absolute atomic E-state index is 0. The molecule has 1 aliphatic rings. The number of fused-ring (bicyclic) bond motifs is 1. The fourth-order valence-electron chi connectivity index (χ4n) is 2.15. The van der Waals surface area contributed by atoms with Gasteiger partial charge in [0.25, 0.3) is 0 Å². The topological polar surface area (TPSA) is 77.6 Å². The number of H-pyrrole nitrogens is 1. The van der Waals surface area contributed by atoms with E-state index in [-0.39, 0.29) is 12.4 Å². The van der Waals surface area contributed by atoms with Gasteiger partial charge in [0.2, 0.25) is 16.0 Å². The van der Waals surface area contributed by atoms with Gasteiger partial charge in [-0.15, -0.1) is 12.4 Å². The Balaban J connectivity index is 0.00000161. The maximum atomic E-state index is 11.6. The van der Waals surface area contributed by atoms with E-state index in [4.69, 9.17) is 0 Å². The fraction of sp³-hybridized carbons (Fsp3) is 0.250. The van der Waals surface area contributed by atoms with Crippen molar-refractivity contribution in [1.82, 2.24) is 9.29 Å². The predicted octanol–water partition coefficient (Wildman–Crippen LogP) is 2.40. The largest absolute Gasteiger partial charge is 0.360 e. The molecular weight excluding hydrogens is 380 g/mol. The molecule has 1 aromatic carbocycles. The summed E-state index contributed by atoms with van der Waals surface area (Å²) in [6.45, 7) is 0.864. The number of guanidine groups is 1. The van der Waals surface area contributed by atoms with Crippen molar-refractivity contribution in [2.45, 2.75) is 0 Å². The third-order valence-electron chi connectivity index (χ3n) is 3.09. The van der Waals surface area contributed by atoms with E-state index in [1.807, 2.05) is 24.4 Å². The van der Waals surface area contributed by atoms with Crippen LogP contribution in [0.4, 0.5) is 5.69 Å². The van der Waals surface area contributed by atoms with Crippen molar-refractivity contribution in [2.75, 3.05) is 24.7 Å². The fourth-order valence-corrected chi connectivity index (χ4v) is 3.44. The number of benzene rings is 1. The van der Waals surface area contributed by atoms with E-state index in [1.165, 1.54) is 10.6 Å². The number of hydrogen-bond acceptors (Lipinski definition) is 4. The SMILES string of the molecule is CS(=O)(=O)N1CCN=C1Nc1ccc2c(Br)c[nH]c2c1.Cl. The number of nitrogens with one attached hydrogen (secondary N) is 2. The van der Waals surface area contributed by atoms with Gasteiger partial charge in [-0.05, 0) is 34.1 Å². The smallest absolute Gasteiger partial charge is 0.234 e. The zero-order valence-corrected chi connectivity index (χ0v) is 14.3. The van der Waals surface area contributed by atoms with Gasteiger partial charge in [-0.3, -0.25) is 4.99 Å². The van der Waals surface area contributed by atoms with E-state index in [9.17, 15) is 8.42 Å². The zero-order valence-electron chi connectivity index (χ0n) is 11.1. The summed E-state index contributed by atoms with van der Waals surface area (Å²) in [6.07, 6.45) is 3.05. The van der Waals surface area contributed by atoms with Crippen LogP contribution in [0.3, 0.4) is 0 Å². The Morgan fingerprint density at radius 3 is 2.90 bits per heavy atom. The molecule has 2 heterocycles. The van der Waals surface area contributed by atoms with E-state index in [2.05, 4.69) is 31.2 Å². The third-order valence-corrected chi connectivity index (χ3v) is 4.90. The van der Waals surface area contributed by atoms with Gasteiger partial charge in [-0.2, -0.15) is 0 Å². The number of aliphatic imine (C=N–C) groups is 1. The van der Waals surface area contributed by atoms with Crippen molar-refractivity contribution in [3.05, 3.63) is 28.9 Å². The summed E-state index contributed by atoms with van der Waals surface area (Å²) in [5.41, 5.74) is 1.76. The molecule has 0 spiro atoms. The minimum Gasteiger partial charge on any atom is -0.360 e. The van der Waals surface area contributed by atoms with Gasteiger partial charge >= 0.3 is 0 Å². The summed E-state index contributed by atoms with van der Waals surface area (Å²) in [5, 5.41) is 4.13. The first-order valence-electron chi connectivity index (χ1n) is 6.01. The third kappa shape index (κ3) is 3.17. The van der Waals surface area contributed by atoms with Crippen LogP contribution in [0.5, 0.6) is 0 Å². The van der Waals surface area contributed by atoms with Crippen LogP contribution < -0.4 is 5.32 Å². The Kier molecular flexibility index (Phi) is 4.50. The number of hydrogen-bond donors (Lipinski definition) is 2. The number of rotatable bonds is 2. The second kappa shape index (κ2) is 5.86. The summed E-state index contributed by atoms with van der Waals surface area (Å²) in [7, 11) is -3.29. The van der Waals surface area contributed by atoms with Gasteiger partial charge in [0.15, 0.2) is 0 Å². The highest BCUT2D eigenvalue weighted by Gasteiger charge is 2.25. The molecule has 0 bridgehead atoms. The first-order valence-corrected chi connectivity index (χ1v) is 8.65. The molecule has 0 atom stereocenters. The lowest BCUT2D eigenvalue weighted by Gasteiger charge is -2.18. The molecule has 114 valence electrons. The lowest BCUT2D eigenvalue weighted by atomic mass is 10.2. The highest BCUT2D eigenvalue weighted by Crippen LogP contribution is 2.26. The normalized spacial score (nSPS) is 15.0. The zero-order chi connectivity index (χ0) is 14.3. The molecule has 0 aliphatic carbocycles. The molecule has 2 aromatic rings. The molecule has 1 aromatic heterocycles.